The summed E-state index contributed by atoms with van der Waals surface area (Å²) in [5.41, 5.74) is 5.04. The number of fused-ring (bicyclic) bond motifs is 1. The summed E-state index contributed by atoms with van der Waals surface area (Å²) in [7, 11) is 0. The Kier molecular flexibility index (Phi) is 3.33. The molecule has 2 heteroatoms. The first kappa shape index (κ1) is 13.6. The van der Waals surface area contributed by atoms with Gasteiger partial charge >= 0.3 is 0 Å². The number of aromatic nitrogens is 1. The zero-order valence-electron chi connectivity index (χ0n) is 12.3. The molecule has 1 heterocycles. The molecule has 0 radical (unpaired) electrons. The average molecular weight is 286 g/mol. The Balaban J connectivity index is 2.04. The van der Waals surface area contributed by atoms with E-state index < -0.39 is 0 Å². The monoisotopic (exact) mass is 285 g/mol. The van der Waals surface area contributed by atoms with Crippen LogP contribution < -0.4 is 0 Å². The van der Waals surface area contributed by atoms with Gasteiger partial charge in [0.05, 0.1) is 10.9 Å². The first-order valence-electron chi connectivity index (χ1n) is 7.16. The van der Waals surface area contributed by atoms with Gasteiger partial charge in [0.1, 0.15) is 0 Å². The van der Waals surface area contributed by atoms with Gasteiger partial charge in [-0.25, -0.2) is 0 Å². The second kappa shape index (κ2) is 4.89. The Morgan fingerprint density at radius 3 is 2.75 bits per heavy atom. The molecule has 1 unspecified atom stereocenters. The van der Waals surface area contributed by atoms with Crippen molar-refractivity contribution in [2.75, 3.05) is 0 Å². The van der Waals surface area contributed by atoms with Crippen LogP contribution in [-0.2, 0) is 0 Å². The lowest BCUT2D eigenvalue weighted by molar-refractivity contribution is 0.340. The van der Waals surface area contributed by atoms with Crippen molar-refractivity contribution in [1.29, 1.82) is 0 Å². The van der Waals surface area contributed by atoms with Gasteiger partial charge in [0, 0.05) is 11.1 Å². The highest BCUT2D eigenvalue weighted by Gasteiger charge is 2.28. The van der Waals surface area contributed by atoms with Gasteiger partial charge < -0.3 is 0 Å². The fraction of sp³-hybridized carbons (Fsp3) is 0.389. The van der Waals surface area contributed by atoms with Crippen molar-refractivity contribution in [3.05, 3.63) is 47.7 Å². The summed E-state index contributed by atoms with van der Waals surface area (Å²) in [4.78, 5) is 4.56. The van der Waals surface area contributed by atoms with E-state index in [-0.39, 0.29) is 10.8 Å². The van der Waals surface area contributed by atoms with Gasteiger partial charge in [0.25, 0.3) is 0 Å². The third-order valence-electron chi connectivity index (χ3n) is 4.00. The molecule has 0 aliphatic heterocycles. The van der Waals surface area contributed by atoms with Crippen LogP contribution in [-0.4, -0.2) is 10.4 Å². The van der Waals surface area contributed by atoms with Crippen molar-refractivity contribution in [2.45, 2.75) is 39.0 Å². The van der Waals surface area contributed by atoms with Crippen molar-refractivity contribution < 1.29 is 0 Å². The smallest absolute Gasteiger partial charge is 0.0705 e. The number of alkyl halides is 1. The molecule has 3 rings (SSSR count). The molecule has 104 valence electrons. The molecule has 1 aromatic heterocycles. The van der Waals surface area contributed by atoms with Crippen molar-refractivity contribution in [3.63, 3.8) is 0 Å². The molecule has 1 aromatic carbocycles. The van der Waals surface area contributed by atoms with Crippen LogP contribution in [0, 0.1) is 12.3 Å². The molecule has 0 saturated heterocycles. The minimum atomic E-state index is 0.139. The van der Waals surface area contributed by atoms with Crippen molar-refractivity contribution in [2.24, 2.45) is 5.41 Å². The van der Waals surface area contributed by atoms with Crippen LogP contribution in [0.3, 0.4) is 0 Å². The Labute approximate surface area is 125 Å². The minimum Gasteiger partial charge on any atom is -0.253 e. The standard InChI is InChI=1S/C18H20ClN/c1-12-4-5-14-8-13(6-7-17(14)20-12)15-9-16(19)11-18(2,3)10-15/h4-9,16H,10-11H2,1-3H3. The zero-order chi connectivity index (χ0) is 14.3. The molecule has 1 aliphatic rings. The number of pyridine rings is 1. The fourth-order valence-corrected chi connectivity index (χ4v) is 3.65. The second-order valence-electron chi connectivity index (χ2n) is 6.61. The number of aryl methyl sites for hydroxylation is 1. The summed E-state index contributed by atoms with van der Waals surface area (Å²) in [6, 6.07) is 10.7. The maximum atomic E-state index is 6.40. The molecule has 0 fully saturated rings. The SMILES string of the molecule is Cc1ccc2cc(C3=CC(Cl)CC(C)(C)C3)ccc2n1. The number of nitrogens with zero attached hydrogens (tertiary/aromatic N) is 1. The lowest BCUT2D eigenvalue weighted by Gasteiger charge is -2.32. The third-order valence-corrected chi connectivity index (χ3v) is 4.28. The molecule has 0 spiro atoms. The molecule has 0 amide bonds. The van der Waals surface area contributed by atoms with E-state index in [0.717, 1.165) is 24.1 Å². The predicted octanol–water partition coefficient (Wildman–Crippen LogP) is 5.35. The van der Waals surface area contributed by atoms with E-state index in [1.807, 2.05) is 6.92 Å². The first-order valence-corrected chi connectivity index (χ1v) is 7.59. The number of benzene rings is 1. The highest BCUT2D eigenvalue weighted by Crippen LogP contribution is 2.41. The van der Waals surface area contributed by atoms with Crippen LogP contribution in [0.5, 0.6) is 0 Å². The maximum Gasteiger partial charge on any atom is 0.0705 e. The van der Waals surface area contributed by atoms with E-state index in [0.29, 0.717) is 0 Å². The Hall–Kier alpha value is -1.34. The van der Waals surface area contributed by atoms with Gasteiger partial charge in [-0.05, 0) is 54.5 Å². The largest absolute Gasteiger partial charge is 0.253 e. The zero-order valence-corrected chi connectivity index (χ0v) is 13.0. The van der Waals surface area contributed by atoms with Gasteiger partial charge in [0.15, 0.2) is 0 Å². The minimum absolute atomic E-state index is 0.139. The molecule has 0 N–H and O–H groups in total. The average Bonchev–Trinajstić information content (AvgIpc) is 2.35. The number of rotatable bonds is 1. The molecule has 0 saturated carbocycles. The summed E-state index contributed by atoms with van der Waals surface area (Å²) in [5.74, 6) is 0. The van der Waals surface area contributed by atoms with Crippen molar-refractivity contribution in [1.82, 2.24) is 4.98 Å². The third kappa shape index (κ3) is 2.73. The Morgan fingerprint density at radius 1 is 1.20 bits per heavy atom. The van der Waals surface area contributed by atoms with Crippen LogP contribution in [0.25, 0.3) is 16.5 Å². The van der Waals surface area contributed by atoms with Crippen LogP contribution in [0.4, 0.5) is 0 Å². The van der Waals surface area contributed by atoms with Crippen LogP contribution in [0.2, 0.25) is 0 Å². The molecular weight excluding hydrogens is 266 g/mol. The van der Waals surface area contributed by atoms with Gasteiger partial charge in [0.2, 0.25) is 0 Å². The second-order valence-corrected chi connectivity index (χ2v) is 7.17. The molecule has 1 atom stereocenters. The number of allylic oxidation sites excluding steroid dienone is 2. The number of hydrogen-bond acceptors (Lipinski definition) is 1. The normalized spacial score (nSPS) is 21.8. The Morgan fingerprint density at radius 2 is 2.00 bits per heavy atom. The topological polar surface area (TPSA) is 12.9 Å². The quantitative estimate of drug-likeness (QED) is 0.643. The van der Waals surface area contributed by atoms with E-state index in [4.69, 9.17) is 11.6 Å². The highest BCUT2D eigenvalue weighted by atomic mass is 35.5. The molecule has 1 aliphatic carbocycles. The highest BCUT2D eigenvalue weighted by molar-refractivity contribution is 6.22. The summed E-state index contributed by atoms with van der Waals surface area (Å²) >= 11 is 6.40. The van der Waals surface area contributed by atoms with Crippen LogP contribution in [0.1, 0.15) is 37.9 Å². The van der Waals surface area contributed by atoms with E-state index in [2.05, 4.69) is 55.2 Å². The molecular formula is C18H20ClN. The van der Waals surface area contributed by atoms with E-state index in [9.17, 15) is 0 Å². The summed E-state index contributed by atoms with van der Waals surface area (Å²) < 4.78 is 0. The summed E-state index contributed by atoms with van der Waals surface area (Å²) in [6.45, 7) is 6.61. The molecule has 1 nitrogen and oxygen atoms in total. The Bertz CT molecular complexity index is 685. The van der Waals surface area contributed by atoms with Crippen LogP contribution >= 0.6 is 11.6 Å². The van der Waals surface area contributed by atoms with E-state index in [1.54, 1.807) is 0 Å². The maximum absolute atomic E-state index is 6.40. The summed E-state index contributed by atoms with van der Waals surface area (Å²) in [6.07, 6.45) is 4.35. The van der Waals surface area contributed by atoms with Crippen molar-refractivity contribution in [3.8, 4) is 0 Å². The van der Waals surface area contributed by atoms with Gasteiger partial charge in [-0.3, -0.25) is 4.98 Å². The lowest BCUT2D eigenvalue weighted by atomic mass is 9.75. The molecule has 0 bridgehead atoms. The van der Waals surface area contributed by atoms with Crippen molar-refractivity contribution >= 4 is 28.1 Å². The summed E-state index contributed by atoms with van der Waals surface area (Å²) in [5, 5.41) is 1.34. The predicted molar refractivity (Wildman–Crippen MR) is 87.1 cm³/mol. The lowest BCUT2D eigenvalue weighted by Crippen LogP contribution is -2.21. The fourth-order valence-electron chi connectivity index (χ4n) is 3.08. The molecule has 2 aromatic rings. The molecule has 20 heavy (non-hydrogen) atoms. The van der Waals surface area contributed by atoms with Crippen LogP contribution in [0.15, 0.2) is 36.4 Å². The van der Waals surface area contributed by atoms with E-state index in [1.165, 1.54) is 16.5 Å². The van der Waals surface area contributed by atoms with Gasteiger partial charge in [-0.1, -0.05) is 32.1 Å². The number of hydrogen-bond donors (Lipinski definition) is 0. The van der Waals surface area contributed by atoms with E-state index >= 15 is 0 Å². The van der Waals surface area contributed by atoms with Gasteiger partial charge in [-0.2, -0.15) is 0 Å². The first-order chi connectivity index (χ1) is 9.43. The number of halogens is 1. The van der Waals surface area contributed by atoms with Gasteiger partial charge in [-0.15, -0.1) is 11.6 Å².